The number of hydrogen-bond acceptors (Lipinski definition) is 3. The van der Waals surface area contributed by atoms with Gasteiger partial charge in [0.15, 0.2) is 0 Å². The second-order valence-corrected chi connectivity index (χ2v) is 5.09. The van der Waals surface area contributed by atoms with Crippen LogP contribution in [0.25, 0.3) is 10.2 Å². The van der Waals surface area contributed by atoms with Gasteiger partial charge in [-0.25, -0.2) is 4.98 Å². The van der Waals surface area contributed by atoms with Crippen LogP contribution in [0.3, 0.4) is 0 Å². The first-order valence-corrected chi connectivity index (χ1v) is 6.26. The van der Waals surface area contributed by atoms with Crippen LogP contribution in [0, 0.1) is 6.92 Å². The molecular weight excluding hydrogens is 267 g/mol. The second kappa shape index (κ2) is 4.57. The van der Waals surface area contributed by atoms with E-state index in [1.807, 2.05) is 13.0 Å². The van der Waals surface area contributed by atoms with Crippen LogP contribution in [-0.2, 0) is 4.79 Å². The van der Waals surface area contributed by atoms with Crippen LogP contribution in [0.15, 0.2) is 12.1 Å². The Morgan fingerprint density at radius 1 is 1.56 bits per heavy atom. The molecule has 84 valence electrons. The van der Waals surface area contributed by atoms with Gasteiger partial charge in [-0.15, -0.1) is 22.9 Å². The lowest BCUT2D eigenvalue weighted by atomic mass is 10.3. The molecule has 0 spiro atoms. The number of hydrogen-bond donors (Lipinski definition) is 1. The van der Waals surface area contributed by atoms with E-state index in [4.69, 9.17) is 23.2 Å². The van der Waals surface area contributed by atoms with Crippen molar-refractivity contribution in [2.45, 2.75) is 6.92 Å². The number of nitrogens with one attached hydrogen (secondary N) is 1. The van der Waals surface area contributed by atoms with Crippen molar-refractivity contribution in [2.75, 3.05) is 11.2 Å². The zero-order valence-electron chi connectivity index (χ0n) is 8.38. The first-order valence-electron chi connectivity index (χ1n) is 4.53. The van der Waals surface area contributed by atoms with Crippen molar-refractivity contribution in [1.29, 1.82) is 0 Å². The van der Waals surface area contributed by atoms with Crippen LogP contribution in [-0.4, -0.2) is 16.8 Å². The fourth-order valence-electron chi connectivity index (χ4n) is 1.37. The van der Waals surface area contributed by atoms with E-state index >= 15 is 0 Å². The van der Waals surface area contributed by atoms with Gasteiger partial charge in [0.2, 0.25) is 5.91 Å². The highest BCUT2D eigenvalue weighted by atomic mass is 35.5. The van der Waals surface area contributed by atoms with E-state index in [0.29, 0.717) is 16.2 Å². The van der Waals surface area contributed by atoms with Gasteiger partial charge in [0.1, 0.15) is 11.4 Å². The molecule has 16 heavy (non-hydrogen) atoms. The first-order chi connectivity index (χ1) is 7.61. The molecule has 0 aliphatic rings. The Morgan fingerprint density at radius 2 is 2.31 bits per heavy atom. The number of carbonyl (C=O) groups excluding carboxylic acids is 1. The van der Waals surface area contributed by atoms with Crippen molar-refractivity contribution in [3.05, 3.63) is 22.2 Å². The summed E-state index contributed by atoms with van der Waals surface area (Å²) in [5.74, 6) is -0.391. The van der Waals surface area contributed by atoms with E-state index in [-0.39, 0.29) is 11.8 Å². The fourth-order valence-corrected chi connectivity index (χ4v) is 2.47. The third-order valence-corrected chi connectivity index (χ3v) is 3.50. The van der Waals surface area contributed by atoms with E-state index in [2.05, 4.69) is 10.3 Å². The third kappa shape index (κ3) is 2.14. The average Bonchev–Trinajstić information content (AvgIpc) is 2.63. The van der Waals surface area contributed by atoms with Crippen molar-refractivity contribution in [1.82, 2.24) is 4.98 Å². The molecule has 2 rings (SSSR count). The number of halogens is 2. The quantitative estimate of drug-likeness (QED) is 0.853. The number of anilines is 1. The Morgan fingerprint density at radius 3 is 3.00 bits per heavy atom. The Bertz CT molecular complexity index is 553. The maximum atomic E-state index is 11.3. The van der Waals surface area contributed by atoms with E-state index in [9.17, 15) is 4.79 Å². The molecule has 1 amide bonds. The summed E-state index contributed by atoms with van der Waals surface area (Å²) in [6.07, 6.45) is 0. The van der Waals surface area contributed by atoms with E-state index < -0.39 is 0 Å². The minimum absolute atomic E-state index is 0.101. The van der Waals surface area contributed by atoms with Gasteiger partial charge < -0.3 is 5.32 Å². The molecule has 1 N–H and O–H groups in total. The van der Waals surface area contributed by atoms with Crippen LogP contribution in [0.4, 0.5) is 5.69 Å². The zero-order chi connectivity index (χ0) is 11.7. The van der Waals surface area contributed by atoms with Crippen LogP contribution in [0.5, 0.6) is 0 Å². The molecule has 6 heteroatoms. The molecule has 1 aromatic heterocycles. The molecule has 0 unspecified atom stereocenters. The summed E-state index contributed by atoms with van der Waals surface area (Å²) in [5.41, 5.74) is 1.25. The van der Waals surface area contributed by atoms with Gasteiger partial charge in [0.25, 0.3) is 0 Å². The molecule has 0 atom stereocenters. The van der Waals surface area contributed by atoms with Crippen molar-refractivity contribution >= 4 is 56.3 Å². The number of alkyl halides is 1. The maximum absolute atomic E-state index is 11.3. The lowest BCUT2D eigenvalue weighted by Gasteiger charge is -2.05. The first kappa shape index (κ1) is 11.6. The number of aryl methyl sites for hydroxylation is 1. The van der Waals surface area contributed by atoms with Gasteiger partial charge in [0.05, 0.1) is 20.4 Å². The molecule has 0 saturated heterocycles. The highest BCUT2D eigenvalue weighted by molar-refractivity contribution is 7.18. The molecule has 0 aliphatic carbocycles. The lowest BCUT2D eigenvalue weighted by molar-refractivity contribution is -0.113. The molecule has 0 radical (unpaired) electrons. The van der Waals surface area contributed by atoms with Crippen molar-refractivity contribution < 1.29 is 4.79 Å². The van der Waals surface area contributed by atoms with Crippen molar-refractivity contribution in [3.8, 4) is 0 Å². The minimum atomic E-state index is -0.290. The number of benzene rings is 1. The smallest absolute Gasteiger partial charge is 0.239 e. The Hall–Kier alpha value is -0.840. The number of aromatic nitrogens is 1. The summed E-state index contributed by atoms with van der Waals surface area (Å²) in [7, 11) is 0. The van der Waals surface area contributed by atoms with E-state index in [0.717, 1.165) is 9.71 Å². The minimum Gasteiger partial charge on any atom is -0.322 e. The van der Waals surface area contributed by atoms with Gasteiger partial charge in [-0.3, -0.25) is 4.79 Å². The van der Waals surface area contributed by atoms with Gasteiger partial charge in [-0.1, -0.05) is 11.6 Å². The summed E-state index contributed by atoms with van der Waals surface area (Å²) in [4.78, 5) is 15.6. The molecule has 0 bridgehead atoms. The molecule has 0 aliphatic heterocycles. The molecule has 3 nitrogen and oxygen atoms in total. The van der Waals surface area contributed by atoms with Crippen molar-refractivity contribution in [3.63, 3.8) is 0 Å². The van der Waals surface area contributed by atoms with Crippen LogP contribution in [0.2, 0.25) is 5.02 Å². The molecule has 0 fully saturated rings. The molecule has 2 aromatic rings. The number of amides is 1. The summed E-state index contributed by atoms with van der Waals surface area (Å²) in [6.45, 7) is 1.91. The summed E-state index contributed by atoms with van der Waals surface area (Å²) in [5, 5.41) is 4.06. The average molecular weight is 275 g/mol. The van der Waals surface area contributed by atoms with Gasteiger partial charge in [-0.05, 0) is 19.1 Å². The number of rotatable bonds is 2. The predicted octanol–water partition coefficient (Wildman–Crippen LogP) is 3.44. The second-order valence-electron chi connectivity index (χ2n) is 3.18. The Kier molecular flexibility index (Phi) is 3.33. The lowest BCUT2D eigenvalue weighted by Crippen LogP contribution is -2.13. The summed E-state index contributed by atoms with van der Waals surface area (Å²) in [6, 6.07) is 3.63. The predicted molar refractivity (Wildman–Crippen MR) is 68.7 cm³/mol. The molecular formula is C10H8Cl2N2OS. The number of fused-ring (bicyclic) bond motifs is 1. The number of carbonyl (C=O) groups is 1. The third-order valence-electron chi connectivity index (χ3n) is 2.00. The van der Waals surface area contributed by atoms with Crippen molar-refractivity contribution in [2.24, 2.45) is 0 Å². The van der Waals surface area contributed by atoms with E-state index in [1.54, 1.807) is 17.4 Å². The SMILES string of the molecule is Cc1nc2c(NC(=O)CCl)c(Cl)ccc2s1. The topological polar surface area (TPSA) is 42.0 Å². The standard InChI is InChI=1S/C10H8Cl2N2OS/c1-5-13-10-7(16-5)3-2-6(12)9(10)14-8(15)4-11/h2-3H,4H2,1H3,(H,14,15). The number of nitrogens with zero attached hydrogens (tertiary/aromatic N) is 1. The largest absolute Gasteiger partial charge is 0.322 e. The normalized spacial score (nSPS) is 10.7. The summed E-state index contributed by atoms with van der Waals surface area (Å²) < 4.78 is 0.992. The van der Waals surface area contributed by atoms with Gasteiger partial charge in [0, 0.05) is 0 Å². The highest BCUT2D eigenvalue weighted by Crippen LogP contribution is 2.33. The Labute approximate surface area is 106 Å². The van der Waals surface area contributed by atoms with E-state index in [1.165, 1.54) is 0 Å². The molecule has 1 heterocycles. The summed E-state index contributed by atoms with van der Waals surface area (Å²) >= 11 is 13.0. The molecule has 0 saturated carbocycles. The molecule has 1 aromatic carbocycles. The van der Waals surface area contributed by atoms with Crippen LogP contribution < -0.4 is 5.32 Å². The van der Waals surface area contributed by atoms with Crippen LogP contribution in [0.1, 0.15) is 5.01 Å². The van der Waals surface area contributed by atoms with Gasteiger partial charge >= 0.3 is 0 Å². The monoisotopic (exact) mass is 274 g/mol. The number of thiazole rings is 1. The fraction of sp³-hybridized carbons (Fsp3) is 0.200. The van der Waals surface area contributed by atoms with Gasteiger partial charge in [-0.2, -0.15) is 0 Å². The zero-order valence-corrected chi connectivity index (χ0v) is 10.7. The maximum Gasteiger partial charge on any atom is 0.239 e. The highest BCUT2D eigenvalue weighted by Gasteiger charge is 2.12. The Balaban J connectivity index is 2.56. The van der Waals surface area contributed by atoms with Crippen LogP contribution >= 0.6 is 34.5 Å².